The van der Waals surface area contributed by atoms with E-state index in [1.165, 1.54) is 16.9 Å². The number of aryl methyl sites for hydroxylation is 2. The topological polar surface area (TPSA) is 83.7 Å². The molecule has 2 aromatic carbocycles. The minimum Gasteiger partial charge on any atom is -0.493 e. The van der Waals surface area contributed by atoms with Gasteiger partial charge in [0.2, 0.25) is 0 Å². The Kier molecular flexibility index (Phi) is 7.59. The Morgan fingerprint density at radius 3 is 2.65 bits per heavy atom. The molecule has 4 aromatic rings. The molecule has 2 aromatic heterocycles. The maximum absolute atomic E-state index is 12.2. The lowest BCUT2D eigenvalue weighted by molar-refractivity contribution is -0.145. The van der Waals surface area contributed by atoms with E-state index >= 15 is 0 Å². The third-order valence-electron chi connectivity index (χ3n) is 5.08. The molecule has 34 heavy (non-hydrogen) atoms. The first kappa shape index (κ1) is 23.5. The predicted octanol–water partition coefficient (Wildman–Crippen LogP) is 5.86. The summed E-state index contributed by atoms with van der Waals surface area (Å²) >= 11 is 1.48. The normalized spacial score (nSPS) is 10.8. The Morgan fingerprint density at radius 1 is 1.09 bits per heavy atom. The van der Waals surface area contributed by atoms with E-state index in [0.717, 1.165) is 16.1 Å². The molecule has 0 bridgehead atoms. The summed E-state index contributed by atoms with van der Waals surface area (Å²) in [6, 6.07) is 13.7. The third kappa shape index (κ3) is 5.82. The van der Waals surface area contributed by atoms with E-state index in [0.29, 0.717) is 41.9 Å². The first-order valence-electron chi connectivity index (χ1n) is 11.0. The average molecular weight is 479 g/mol. The molecular formula is C26H26N2O5S. The lowest BCUT2D eigenvalue weighted by Crippen LogP contribution is -2.06. The monoisotopic (exact) mass is 478 g/mol. The second-order valence-electron chi connectivity index (χ2n) is 7.59. The number of hydrogen-bond donors (Lipinski definition) is 0. The first-order valence-corrected chi connectivity index (χ1v) is 11.9. The van der Waals surface area contributed by atoms with Gasteiger partial charge in [-0.1, -0.05) is 29.8 Å². The van der Waals surface area contributed by atoms with Crippen molar-refractivity contribution in [1.29, 1.82) is 0 Å². The molecule has 0 unspecified atom stereocenters. The van der Waals surface area contributed by atoms with Crippen LogP contribution in [0.25, 0.3) is 21.9 Å². The SMILES string of the molecule is CCOc1ccc(-c2nc(COC(=O)CCc3ncc(-c4ccc(C)cc4)o3)cs2)cc1OC. The van der Waals surface area contributed by atoms with E-state index in [1.54, 1.807) is 13.3 Å². The van der Waals surface area contributed by atoms with Gasteiger partial charge in [-0.15, -0.1) is 11.3 Å². The first-order chi connectivity index (χ1) is 16.6. The molecular weight excluding hydrogens is 452 g/mol. The fourth-order valence-corrected chi connectivity index (χ4v) is 4.10. The molecule has 176 valence electrons. The Bertz CT molecular complexity index is 1250. The van der Waals surface area contributed by atoms with Gasteiger partial charge in [0.25, 0.3) is 0 Å². The van der Waals surface area contributed by atoms with Crippen molar-refractivity contribution < 1.29 is 23.4 Å². The fourth-order valence-electron chi connectivity index (χ4n) is 3.29. The number of nitrogens with zero attached hydrogens (tertiary/aromatic N) is 2. The van der Waals surface area contributed by atoms with Crippen LogP contribution in [0.2, 0.25) is 0 Å². The maximum atomic E-state index is 12.2. The number of aromatic nitrogens is 2. The van der Waals surface area contributed by atoms with Crippen molar-refractivity contribution in [1.82, 2.24) is 9.97 Å². The van der Waals surface area contributed by atoms with Crippen LogP contribution in [-0.2, 0) is 22.6 Å². The third-order valence-corrected chi connectivity index (χ3v) is 6.02. The smallest absolute Gasteiger partial charge is 0.306 e. The Hall–Kier alpha value is -3.65. The number of methoxy groups -OCH3 is 1. The van der Waals surface area contributed by atoms with Crippen molar-refractivity contribution in [3.8, 4) is 33.4 Å². The number of thiazole rings is 1. The minimum absolute atomic E-state index is 0.115. The van der Waals surface area contributed by atoms with E-state index in [-0.39, 0.29) is 19.0 Å². The predicted molar refractivity (Wildman–Crippen MR) is 130 cm³/mol. The van der Waals surface area contributed by atoms with Crippen LogP contribution in [0.15, 0.2) is 58.5 Å². The molecule has 0 radical (unpaired) electrons. The Balaban J connectivity index is 1.28. The molecule has 0 spiro atoms. The molecule has 2 heterocycles. The molecule has 0 atom stereocenters. The summed E-state index contributed by atoms with van der Waals surface area (Å²) < 4.78 is 22.1. The molecule has 0 aliphatic heterocycles. The molecule has 0 aliphatic carbocycles. The van der Waals surface area contributed by atoms with E-state index in [4.69, 9.17) is 18.6 Å². The quantitative estimate of drug-likeness (QED) is 0.264. The highest BCUT2D eigenvalue weighted by Gasteiger charge is 2.13. The molecule has 0 N–H and O–H groups in total. The highest BCUT2D eigenvalue weighted by Crippen LogP contribution is 2.34. The van der Waals surface area contributed by atoms with Crippen molar-refractivity contribution in [2.75, 3.05) is 13.7 Å². The number of benzene rings is 2. The van der Waals surface area contributed by atoms with Gasteiger partial charge in [0.1, 0.15) is 11.6 Å². The summed E-state index contributed by atoms with van der Waals surface area (Å²) in [6.45, 7) is 4.64. The summed E-state index contributed by atoms with van der Waals surface area (Å²) in [5.41, 5.74) is 3.74. The van der Waals surface area contributed by atoms with Gasteiger partial charge in [0, 0.05) is 22.9 Å². The summed E-state index contributed by atoms with van der Waals surface area (Å²) in [4.78, 5) is 21.1. The van der Waals surface area contributed by atoms with Gasteiger partial charge >= 0.3 is 5.97 Å². The highest BCUT2D eigenvalue weighted by atomic mass is 32.1. The zero-order valence-electron chi connectivity index (χ0n) is 19.4. The molecule has 0 aliphatic rings. The van der Waals surface area contributed by atoms with Gasteiger partial charge in [-0.05, 0) is 32.0 Å². The van der Waals surface area contributed by atoms with E-state index < -0.39 is 0 Å². The number of rotatable bonds is 10. The summed E-state index contributed by atoms with van der Waals surface area (Å²) in [6.07, 6.45) is 2.23. The van der Waals surface area contributed by atoms with Crippen LogP contribution in [0.5, 0.6) is 11.5 Å². The van der Waals surface area contributed by atoms with Crippen LogP contribution in [0, 0.1) is 6.92 Å². The average Bonchev–Trinajstić information content (AvgIpc) is 3.52. The molecule has 0 saturated carbocycles. The van der Waals surface area contributed by atoms with Gasteiger partial charge < -0.3 is 18.6 Å². The number of oxazole rings is 1. The summed E-state index contributed by atoms with van der Waals surface area (Å²) in [5, 5.41) is 2.70. The van der Waals surface area contributed by atoms with Crippen molar-refractivity contribution in [3.05, 3.63) is 71.2 Å². The van der Waals surface area contributed by atoms with Gasteiger partial charge in [0.05, 0.1) is 32.0 Å². The van der Waals surface area contributed by atoms with Crippen LogP contribution >= 0.6 is 11.3 Å². The minimum atomic E-state index is -0.327. The van der Waals surface area contributed by atoms with Crippen molar-refractivity contribution in [3.63, 3.8) is 0 Å². The molecule has 7 nitrogen and oxygen atoms in total. The zero-order valence-corrected chi connectivity index (χ0v) is 20.2. The van der Waals surface area contributed by atoms with Crippen molar-refractivity contribution >= 4 is 17.3 Å². The van der Waals surface area contributed by atoms with Gasteiger partial charge in [-0.3, -0.25) is 4.79 Å². The lowest BCUT2D eigenvalue weighted by atomic mass is 10.1. The molecule has 8 heteroatoms. The number of hydrogen-bond acceptors (Lipinski definition) is 8. The number of esters is 1. The molecule has 0 saturated heterocycles. The van der Waals surface area contributed by atoms with Gasteiger partial charge in [-0.2, -0.15) is 0 Å². The molecule has 0 amide bonds. The van der Waals surface area contributed by atoms with Crippen molar-refractivity contribution in [2.24, 2.45) is 0 Å². The summed E-state index contributed by atoms with van der Waals surface area (Å²) in [5.74, 6) is 2.21. The van der Waals surface area contributed by atoms with E-state index in [9.17, 15) is 4.79 Å². The maximum Gasteiger partial charge on any atom is 0.306 e. The van der Waals surface area contributed by atoms with Gasteiger partial charge in [-0.25, -0.2) is 9.97 Å². The van der Waals surface area contributed by atoms with Gasteiger partial charge in [0.15, 0.2) is 23.1 Å². The Morgan fingerprint density at radius 2 is 1.88 bits per heavy atom. The number of ether oxygens (including phenoxy) is 3. The number of carbonyl (C=O) groups excluding carboxylic acids is 1. The second kappa shape index (κ2) is 11.0. The van der Waals surface area contributed by atoms with Crippen LogP contribution < -0.4 is 9.47 Å². The highest BCUT2D eigenvalue weighted by molar-refractivity contribution is 7.13. The van der Waals surface area contributed by atoms with Crippen LogP contribution in [0.1, 0.15) is 30.5 Å². The second-order valence-corrected chi connectivity index (χ2v) is 8.45. The number of carbonyl (C=O) groups is 1. The van der Waals surface area contributed by atoms with E-state index in [2.05, 4.69) is 9.97 Å². The van der Waals surface area contributed by atoms with Crippen LogP contribution in [-0.4, -0.2) is 29.7 Å². The largest absolute Gasteiger partial charge is 0.493 e. The van der Waals surface area contributed by atoms with Crippen LogP contribution in [0.4, 0.5) is 0 Å². The van der Waals surface area contributed by atoms with Crippen molar-refractivity contribution in [2.45, 2.75) is 33.3 Å². The zero-order chi connectivity index (χ0) is 23.9. The van der Waals surface area contributed by atoms with E-state index in [1.807, 2.05) is 61.7 Å². The molecule has 4 rings (SSSR count). The fraction of sp³-hybridized carbons (Fsp3) is 0.269. The lowest BCUT2D eigenvalue weighted by Gasteiger charge is -2.09. The Labute approximate surface area is 202 Å². The summed E-state index contributed by atoms with van der Waals surface area (Å²) in [7, 11) is 1.61. The standard InChI is InChI=1S/C26H26N2O5S/c1-4-31-21-10-9-19(13-22(21)30-3)26-28-20(16-34-26)15-32-25(29)12-11-24-27-14-23(33-24)18-7-5-17(2)6-8-18/h5-10,13-14,16H,4,11-12,15H2,1-3H3. The molecule has 0 fully saturated rings. The van der Waals surface area contributed by atoms with Crippen LogP contribution in [0.3, 0.4) is 0 Å².